The van der Waals surface area contributed by atoms with Crippen LogP contribution >= 0.6 is 11.6 Å². The molecule has 2 aromatic rings. The van der Waals surface area contributed by atoms with Crippen LogP contribution in [0.25, 0.3) is 0 Å². The van der Waals surface area contributed by atoms with E-state index in [-0.39, 0.29) is 6.04 Å². The van der Waals surface area contributed by atoms with Crippen LogP contribution < -0.4 is 5.32 Å². The van der Waals surface area contributed by atoms with E-state index >= 15 is 0 Å². The van der Waals surface area contributed by atoms with Gasteiger partial charge in [0, 0.05) is 11.2 Å². The highest BCUT2D eigenvalue weighted by Crippen LogP contribution is 2.22. The number of nitrogens with zero attached hydrogens (tertiary/aromatic N) is 2. The summed E-state index contributed by atoms with van der Waals surface area (Å²) in [5.74, 6) is 0.796. The topological polar surface area (TPSA) is 37.8 Å². The Labute approximate surface area is 125 Å². The summed E-state index contributed by atoms with van der Waals surface area (Å²) in [5.41, 5.74) is 2.16. The second kappa shape index (κ2) is 7.36. The molecule has 0 saturated heterocycles. The van der Waals surface area contributed by atoms with Gasteiger partial charge in [0.05, 0.1) is 11.7 Å². The zero-order chi connectivity index (χ0) is 14.4. The van der Waals surface area contributed by atoms with Gasteiger partial charge in [-0.15, -0.1) is 0 Å². The molecule has 0 amide bonds. The van der Waals surface area contributed by atoms with Gasteiger partial charge >= 0.3 is 0 Å². The molecule has 0 bridgehead atoms. The van der Waals surface area contributed by atoms with Crippen LogP contribution in [0.4, 0.5) is 0 Å². The van der Waals surface area contributed by atoms with E-state index in [1.807, 2.05) is 37.4 Å². The number of halogens is 1. The lowest BCUT2D eigenvalue weighted by molar-refractivity contribution is 0.515. The van der Waals surface area contributed by atoms with Crippen LogP contribution in [0.1, 0.15) is 36.5 Å². The van der Waals surface area contributed by atoms with E-state index in [1.165, 1.54) is 0 Å². The first kappa shape index (κ1) is 14.9. The maximum Gasteiger partial charge on any atom is 0.125 e. The Morgan fingerprint density at radius 3 is 2.75 bits per heavy atom. The zero-order valence-electron chi connectivity index (χ0n) is 11.9. The molecule has 20 heavy (non-hydrogen) atoms. The Kier molecular flexibility index (Phi) is 5.50. The second-order valence-electron chi connectivity index (χ2n) is 4.83. The molecule has 1 atom stereocenters. The maximum atomic E-state index is 6.26. The summed E-state index contributed by atoms with van der Waals surface area (Å²) in [6.07, 6.45) is 3.73. The molecular formula is C16H20ClN3. The largest absolute Gasteiger partial charge is 0.308 e. The number of aryl methyl sites for hydroxylation is 1. The molecule has 2 rings (SSSR count). The van der Waals surface area contributed by atoms with Crippen molar-refractivity contribution < 1.29 is 0 Å². The van der Waals surface area contributed by atoms with Gasteiger partial charge in [-0.1, -0.05) is 36.7 Å². The fourth-order valence-corrected chi connectivity index (χ4v) is 2.37. The minimum absolute atomic E-state index is 0.163. The standard InChI is InChI=1S/C16H20ClN3/c1-3-9-19-16(15-8-10-18-12(2)20-15)11-13-6-4-5-7-14(13)17/h4-8,10,16,19H,3,9,11H2,1-2H3. The van der Waals surface area contributed by atoms with Crippen LogP contribution in [-0.2, 0) is 6.42 Å². The van der Waals surface area contributed by atoms with Gasteiger partial charge in [-0.05, 0) is 44.0 Å². The van der Waals surface area contributed by atoms with Gasteiger partial charge in [0.2, 0.25) is 0 Å². The molecule has 0 fully saturated rings. The van der Waals surface area contributed by atoms with E-state index in [0.29, 0.717) is 0 Å². The molecule has 0 aliphatic heterocycles. The molecule has 1 heterocycles. The smallest absolute Gasteiger partial charge is 0.125 e. The van der Waals surface area contributed by atoms with Crippen molar-refractivity contribution in [3.05, 3.63) is 58.6 Å². The Bertz CT molecular complexity index is 557. The first-order valence-corrected chi connectivity index (χ1v) is 7.35. The minimum Gasteiger partial charge on any atom is -0.308 e. The van der Waals surface area contributed by atoms with Gasteiger partial charge in [-0.3, -0.25) is 0 Å². The third kappa shape index (κ3) is 4.02. The number of aromatic nitrogens is 2. The van der Waals surface area contributed by atoms with Crippen molar-refractivity contribution in [2.24, 2.45) is 0 Å². The van der Waals surface area contributed by atoms with E-state index in [2.05, 4.69) is 28.3 Å². The number of rotatable bonds is 6. The minimum atomic E-state index is 0.163. The van der Waals surface area contributed by atoms with Crippen molar-refractivity contribution in [3.63, 3.8) is 0 Å². The molecule has 0 saturated carbocycles. The second-order valence-corrected chi connectivity index (χ2v) is 5.24. The van der Waals surface area contributed by atoms with Crippen molar-refractivity contribution in [2.75, 3.05) is 6.54 Å². The van der Waals surface area contributed by atoms with E-state index in [4.69, 9.17) is 11.6 Å². The zero-order valence-corrected chi connectivity index (χ0v) is 12.7. The first-order valence-electron chi connectivity index (χ1n) is 6.97. The predicted molar refractivity (Wildman–Crippen MR) is 83.0 cm³/mol. The summed E-state index contributed by atoms with van der Waals surface area (Å²) in [6.45, 7) is 5.03. The molecule has 0 spiro atoms. The number of hydrogen-bond acceptors (Lipinski definition) is 3. The molecule has 4 heteroatoms. The van der Waals surface area contributed by atoms with Crippen LogP contribution in [0.2, 0.25) is 5.02 Å². The first-order chi connectivity index (χ1) is 9.70. The van der Waals surface area contributed by atoms with Gasteiger partial charge in [-0.25, -0.2) is 9.97 Å². The molecule has 1 unspecified atom stereocenters. The fourth-order valence-electron chi connectivity index (χ4n) is 2.15. The molecule has 0 aliphatic rings. The lowest BCUT2D eigenvalue weighted by Gasteiger charge is -2.19. The van der Waals surface area contributed by atoms with E-state index in [0.717, 1.165) is 41.5 Å². The third-order valence-corrected chi connectivity index (χ3v) is 3.55. The Morgan fingerprint density at radius 2 is 2.05 bits per heavy atom. The Hall–Kier alpha value is -1.45. The highest BCUT2D eigenvalue weighted by molar-refractivity contribution is 6.31. The van der Waals surface area contributed by atoms with Gasteiger partial charge in [0.15, 0.2) is 0 Å². The van der Waals surface area contributed by atoms with Crippen molar-refractivity contribution in [3.8, 4) is 0 Å². The normalized spacial score (nSPS) is 12.3. The summed E-state index contributed by atoms with van der Waals surface area (Å²) in [6, 6.07) is 10.1. The van der Waals surface area contributed by atoms with E-state index in [9.17, 15) is 0 Å². The predicted octanol–water partition coefficient (Wildman–Crippen LogP) is 3.72. The Morgan fingerprint density at radius 1 is 1.25 bits per heavy atom. The van der Waals surface area contributed by atoms with Gasteiger partial charge in [0.25, 0.3) is 0 Å². The van der Waals surface area contributed by atoms with Crippen LogP contribution in [0.3, 0.4) is 0 Å². The summed E-state index contributed by atoms with van der Waals surface area (Å²) in [5, 5.41) is 4.35. The van der Waals surface area contributed by atoms with Crippen molar-refractivity contribution in [2.45, 2.75) is 32.7 Å². The lowest BCUT2D eigenvalue weighted by Crippen LogP contribution is -2.25. The van der Waals surface area contributed by atoms with Crippen LogP contribution in [0.5, 0.6) is 0 Å². The molecule has 0 radical (unpaired) electrons. The summed E-state index contributed by atoms with van der Waals surface area (Å²) < 4.78 is 0. The quantitative estimate of drug-likeness (QED) is 0.881. The molecule has 1 aromatic heterocycles. The number of benzene rings is 1. The highest BCUT2D eigenvalue weighted by Gasteiger charge is 2.14. The maximum absolute atomic E-state index is 6.26. The lowest BCUT2D eigenvalue weighted by atomic mass is 10.0. The molecule has 0 aliphatic carbocycles. The average Bonchev–Trinajstić information content (AvgIpc) is 2.45. The average molecular weight is 290 g/mol. The molecule has 3 nitrogen and oxygen atoms in total. The van der Waals surface area contributed by atoms with Crippen molar-refractivity contribution in [1.29, 1.82) is 0 Å². The van der Waals surface area contributed by atoms with Crippen LogP contribution in [0, 0.1) is 6.92 Å². The van der Waals surface area contributed by atoms with Crippen molar-refractivity contribution >= 4 is 11.6 Å². The summed E-state index contributed by atoms with van der Waals surface area (Å²) in [7, 11) is 0. The number of hydrogen-bond donors (Lipinski definition) is 1. The highest BCUT2D eigenvalue weighted by atomic mass is 35.5. The van der Waals surface area contributed by atoms with Gasteiger partial charge < -0.3 is 5.32 Å². The van der Waals surface area contributed by atoms with Crippen LogP contribution in [-0.4, -0.2) is 16.5 Å². The van der Waals surface area contributed by atoms with E-state index < -0.39 is 0 Å². The molecular weight excluding hydrogens is 270 g/mol. The van der Waals surface area contributed by atoms with Crippen LogP contribution in [0.15, 0.2) is 36.5 Å². The van der Waals surface area contributed by atoms with Crippen molar-refractivity contribution in [1.82, 2.24) is 15.3 Å². The van der Waals surface area contributed by atoms with E-state index in [1.54, 1.807) is 0 Å². The Balaban J connectivity index is 2.21. The molecule has 1 N–H and O–H groups in total. The SMILES string of the molecule is CCCNC(Cc1ccccc1Cl)c1ccnc(C)n1. The molecule has 1 aromatic carbocycles. The van der Waals surface area contributed by atoms with Gasteiger partial charge in [-0.2, -0.15) is 0 Å². The monoisotopic (exact) mass is 289 g/mol. The van der Waals surface area contributed by atoms with Gasteiger partial charge in [0.1, 0.15) is 5.82 Å². The molecule has 106 valence electrons. The number of nitrogens with one attached hydrogen (secondary N) is 1. The third-order valence-electron chi connectivity index (χ3n) is 3.18. The summed E-state index contributed by atoms with van der Waals surface area (Å²) >= 11 is 6.26. The fraction of sp³-hybridized carbons (Fsp3) is 0.375. The summed E-state index contributed by atoms with van der Waals surface area (Å²) in [4.78, 5) is 8.70.